The first-order chi connectivity index (χ1) is 9.52. The first kappa shape index (κ1) is 14.8. The van der Waals surface area contributed by atoms with Crippen molar-refractivity contribution in [3.8, 4) is 11.8 Å². The third-order valence-electron chi connectivity index (χ3n) is 3.75. The van der Waals surface area contributed by atoms with Crippen molar-refractivity contribution < 1.29 is 9.13 Å². The van der Waals surface area contributed by atoms with Crippen molar-refractivity contribution in [1.82, 2.24) is 5.32 Å². The predicted molar refractivity (Wildman–Crippen MR) is 75.9 cm³/mol. The molecule has 3 nitrogen and oxygen atoms in total. The van der Waals surface area contributed by atoms with E-state index in [4.69, 9.17) is 10.00 Å². The molecular weight excluding hydrogens is 255 g/mol. The molecule has 1 unspecified atom stereocenters. The van der Waals surface area contributed by atoms with Gasteiger partial charge in [0.05, 0.1) is 12.7 Å². The topological polar surface area (TPSA) is 45.0 Å². The van der Waals surface area contributed by atoms with Gasteiger partial charge in [-0.2, -0.15) is 5.26 Å². The van der Waals surface area contributed by atoms with Crippen LogP contribution in [0.5, 0.6) is 5.75 Å². The predicted octanol–water partition coefficient (Wildman–Crippen LogP) is 3.57. The van der Waals surface area contributed by atoms with Crippen LogP contribution in [0.3, 0.4) is 0 Å². The minimum Gasteiger partial charge on any atom is -0.493 e. The van der Waals surface area contributed by atoms with Gasteiger partial charge in [-0.1, -0.05) is 13.8 Å². The summed E-state index contributed by atoms with van der Waals surface area (Å²) in [5.41, 5.74) is 0.953. The van der Waals surface area contributed by atoms with Crippen molar-refractivity contribution in [1.29, 1.82) is 5.26 Å². The molecule has 2 rings (SSSR count). The average Bonchev–Trinajstić information content (AvgIpc) is 2.43. The van der Waals surface area contributed by atoms with E-state index in [1.54, 1.807) is 12.1 Å². The molecule has 1 N–H and O–H groups in total. The van der Waals surface area contributed by atoms with Gasteiger partial charge in [-0.3, -0.25) is 0 Å². The molecule has 0 radical (unpaired) electrons. The number of halogens is 1. The van der Waals surface area contributed by atoms with Crippen LogP contribution < -0.4 is 10.1 Å². The fraction of sp³-hybridized carbons (Fsp3) is 0.562. The number of nitrogens with zero attached hydrogens (tertiary/aromatic N) is 1. The van der Waals surface area contributed by atoms with Gasteiger partial charge in [0.1, 0.15) is 11.6 Å². The van der Waals surface area contributed by atoms with Gasteiger partial charge in [0.2, 0.25) is 0 Å². The van der Waals surface area contributed by atoms with Crippen LogP contribution in [0, 0.1) is 22.6 Å². The van der Waals surface area contributed by atoms with E-state index in [2.05, 4.69) is 25.2 Å². The number of ether oxygens (including phenoxy) is 1. The van der Waals surface area contributed by atoms with E-state index < -0.39 is 0 Å². The summed E-state index contributed by atoms with van der Waals surface area (Å²) in [6, 6.07) is 6.98. The van der Waals surface area contributed by atoms with Gasteiger partial charge in [-0.15, -0.1) is 0 Å². The van der Waals surface area contributed by atoms with Crippen molar-refractivity contribution >= 4 is 0 Å². The quantitative estimate of drug-likeness (QED) is 0.894. The van der Waals surface area contributed by atoms with Gasteiger partial charge in [0.15, 0.2) is 0 Å². The standard InChI is InChI=1S/C16H21FN2O/c1-16(2,7-3-8-18)11-19-14-6-9-20-15-5-4-12(17)10-13(14)15/h4-5,10,14,19H,3,6-7,9,11H2,1-2H3. The molecule has 20 heavy (non-hydrogen) atoms. The Bertz CT molecular complexity index is 508. The van der Waals surface area contributed by atoms with Crippen LogP contribution in [0.15, 0.2) is 18.2 Å². The molecule has 0 saturated carbocycles. The van der Waals surface area contributed by atoms with E-state index in [1.165, 1.54) is 6.07 Å². The number of benzene rings is 1. The summed E-state index contributed by atoms with van der Waals surface area (Å²) in [4.78, 5) is 0. The zero-order valence-electron chi connectivity index (χ0n) is 12.1. The van der Waals surface area contributed by atoms with Crippen LogP contribution in [0.25, 0.3) is 0 Å². The highest BCUT2D eigenvalue weighted by molar-refractivity contribution is 5.38. The van der Waals surface area contributed by atoms with E-state index in [-0.39, 0.29) is 17.3 Å². The van der Waals surface area contributed by atoms with Crippen LogP contribution >= 0.6 is 0 Å². The van der Waals surface area contributed by atoms with Crippen LogP contribution in [0.1, 0.15) is 44.7 Å². The zero-order chi connectivity index (χ0) is 14.6. The Hall–Kier alpha value is -1.60. The number of hydrogen-bond donors (Lipinski definition) is 1. The Morgan fingerprint density at radius 3 is 3.05 bits per heavy atom. The number of nitrogens with one attached hydrogen (secondary N) is 1. The highest BCUT2D eigenvalue weighted by Gasteiger charge is 2.25. The second kappa shape index (κ2) is 6.23. The third kappa shape index (κ3) is 3.71. The van der Waals surface area contributed by atoms with Crippen molar-refractivity contribution in [2.45, 2.75) is 39.2 Å². The molecule has 1 aromatic carbocycles. The smallest absolute Gasteiger partial charge is 0.124 e. The largest absolute Gasteiger partial charge is 0.493 e. The molecule has 0 aliphatic carbocycles. The highest BCUT2D eigenvalue weighted by Crippen LogP contribution is 2.33. The maximum Gasteiger partial charge on any atom is 0.124 e. The molecule has 108 valence electrons. The number of fused-ring (bicyclic) bond motifs is 1. The zero-order valence-corrected chi connectivity index (χ0v) is 12.1. The van der Waals surface area contributed by atoms with E-state index in [0.29, 0.717) is 13.0 Å². The lowest BCUT2D eigenvalue weighted by Crippen LogP contribution is -2.34. The average molecular weight is 276 g/mol. The Morgan fingerprint density at radius 2 is 2.30 bits per heavy atom. The SMILES string of the molecule is CC(C)(CCC#N)CNC1CCOc2ccc(F)cc21. The van der Waals surface area contributed by atoms with Gasteiger partial charge in [-0.05, 0) is 30.0 Å². The molecule has 0 spiro atoms. The monoisotopic (exact) mass is 276 g/mol. The molecule has 0 fully saturated rings. The first-order valence-electron chi connectivity index (χ1n) is 7.04. The molecule has 1 atom stereocenters. The van der Waals surface area contributed by atoms with E-state index >= 15 is 0 Å². The summed E-state index contributed by atoms with van der Waals surface area (Å²) in [5, 5.41) is 12.2. The minimum atomic E-state index is -0.232. The van der Waals surface area contributed by atoms with Crippen LogP contribution in [0.2, 0.25) is 0 Å². The van der Waals surface area contributed by atoms with E-state index in [9.17, 15) is 4.39 Å². The molecule has 4 heteroatoms. The highest BCUT2D eigenvalue weighted by atomic mass is 19.1. The maximum atomic E-state index is 13.4. The first-order valence-corrected chi connectivity index (χ1v) is 7.04. The lowest BCUT2D eigenvalue weighted by Gasteiger charge is -2.31. The van der Waals surface area contributed by atoms with Crippen molar-refractivity contribution in [3.05, 3.63) is 29.6 Å². The molecule has 1 aliphatic rings. The summed E-state index contributed by atoms with van der Waals surface area (Å²) in [5.74, 6) is 0.537. The number of hydrogen-bond acceptors (Lipinski definition) is 3. The molecule has 0 saturated heterocycles. The fourth-order valence-electron chi connectivity index (χ4n) is 2.46. The van der Waals surface area contributed by atoms with Gasteiger partial charge < -0.3 is 10.1 Å². The molecule has 0 aromatic heterocycles. The lowest BCUT2D eigenvalue weighted by atomic mass is 9.87. The Balaban J connectivity index is 2.02. The van der Waals surface area contributed by atoms with Gasteiger partial charge in [-0.25, -0.2) is 4.39 Å². The summed E-state index contributed by atoms with van der Waals surface area (Å²) < 4.78 is 18.9. The normalized spacial score (nSPS) is 18.0. The van der Waals surface area contributed by atoms with Crippen LogP contribution in [-0.2, 0) is 0 Å². The number of rotatable bonds is 5. The van der Waals surface area contributed by atoms with Crippen molar-refractivity contribution in [3.63, 3.8) is 0 Å². The Labute approximate surface area is 119 Å². The van der Waals surface area contributed by atoms with Gasteiger partial charge in [0.25, 0.3) is 0 Å². The molecule has 0 amide bonds. The molecular formula is C16H21FN2O. The van der Waals surface area contributed by atoms with Gasteiger partial charge in [0, 0.05) is 31.0 Å². The summed E-state index contributed by atoms with van der Waals surface area (Å²) >= 11 is 0. The second-order valence-electron chi connectivity index (χ2n) is 6.08. The van der Waals surface area contributed by atoms with Crippen LogP contribution in [0.4, 0.5) is 4.39 Å². The summed E-state index contributed by atoms with van der Waals surface area (Å²) in [7, 11) is 0. The molecule has 1 heterocycles. The summed E-state index contributed by atoms with van der Waals surface area (Å²) in [6.07, 6.45) is 2.26. The molecule has 1 aliphatic heterocycles. The molecule has 1 aromatic rings. The molecule has 0 bridgehead atoms. The van der Waals surface area contributed by atoms with Crippen molar-refractivity contribution in [2.75, 3.05) is 13.2 Å². The maximum absolute atomic E-state index is 13.4. The third-order valence-corrected chi connectivity index (χ3v) is 3.75. The lowest BCUT2D eigenvalue weighted by molar-refractivity contribution is 0.231. The van der Waals surface area contributed by atoms with Crippen LogP contribution in [-0.4, -0.2) is 13.2 Å². The van der Waals surface area contributed by atoms with Gasteiger partial charge >= 0.3 is 0 Å². The fourth-order valence-corrected chi connectivity index (χ4v) is 2.46. The Kier molecular flexibility index (Phi) is 4.61. The summed E-state index contributed by atoms with van der Waals surface area (Å²) in [6.45, 7) is 5.73. The minimum absolute atomic E-state index is 0.0571. The second-order valence-corrected chi connectivity index (χ2v) is 6.08. The van der Waals surface area contributed by atoms with E-state index in [1.807, 2.05) is 0 Å². The Morgan fingerprint density at radius 1 is 1.50 bits per heavy atom. The van der Waals surface area contributed by atoms with Crippen molar-refractivity contribution in [2.24, 2.45) is 5.41 Å². The van der Waals surface area contributed by atoms with E-state index in [0.717, 1.165) is 30.7 Å². The number of nitriles is 1.